The van der Waals surface area contributed by atoms with Gasteiger partial charge in [0.1, 0.15) is 0 Å². The summed E-state index contributed by atoms with van der Waals surface area (Å²) < 4.78 is 0. The number of carbonyl (C=O) groups is 1. The molecule has 0 saturated heterocycles. The van der Waals surface area contributed by atoms with Crippen LogP contribution in [-0.2, 0) is 4.79 Å². The summed E-state index contributed by atoms with van der Waals surface area (Å²) >= 11 is 0. The lowest BCUT2D eigenvalue weighted by Gasteiger charge is -2.09. The van der Waals surface area contributed by atoms with Crippen molar-refractivity contribution in [3.63, 3.8) is 0 Å². The Bertz CT molecular complexity index is 646. The summed E-state index contributed by atoms with van der Waals surface area (Å²) in [6.07, 6.45) is 49.9. The first-order chi connectivity index (χ1) is 21.6. The van der Waals surface area contributed by atoms with Crippen molar-refractivity contribution in [3.05, 3.63) is 23.3 Å². The molecule has 0 aliphatic carbocycles. The van der Waals surface area contributed by atoms with Crippen molar-refractivity contribution in [2.75, 3.05) is 0 Å². The van der Waals surface area contributed by atoms with Gasteiger partial charge < -0.3 is 5.11 Å². The molecule has 2 nitrogen and oxygen atoms in total. The number of hydrogen-bond acceptors (Lipinski definition) is 1. The van der Waals surface area contributed by atoms with Gasteiger partial charge in [-0.05, 0) is 83.5 Å². The molecule has 44 heavy (non-hydrogen) atoms. The lowest BCUT2D eigenvalue weighted by Crippen LogP contribution is -1.93. The number of allylic oxidation sites excluding steroid dienone is 4. The highest BCUT2D eigenvalue weighted by Crippen LogP contribution is 2.21. The molecule has 0 heterocycles. The van der Waals surface area contributed by atoms with Crippen LogP contribution >= 0.6 is 0 Å². The van der Waals surface area contributed by atoms with Crippen LogP contribution in [0.2, 0.25) is 0 Å². The van der Waals surface area contributed by atoms with Gasteiger partial charge in [-0.3, -0.25) is 4.79 Å². The summed E-state index contributed by atoms with van der Waals surface area (Å²) in [5.41, 5.74) is 3.46. The van der Waals surface area contributed by atoms with Gasteiger partial charge in [0.05, 0.1) is 0 Å². The second-order valence-electron chi connectivity index (χ2n) is 13.9. The third-order valence-corrected chi connectivity index (χ3v) is 9.47. The van der Waals surface area contributed by atoms with Gasteiger partial charge in [-0.1, -0.05) is 172 Å². The Morgan fingerprint density at radius 3 is 0.977 bits per heavy atom. The van der Waals surface area contributed by atoms with Crippen LogP contribution in [0.1, 0.15) is 239 Å². The lowest BCUT2D eigenvalue weighted by atomic mass is 9.97. The first-order valence-corrected chi connectivity index (χ1v) is 20.2. The molecule has 0 atom stereocenters. The Morgan fingerprint density at radius 1 is 0.364 bits per heavy atom. The van der Waals surface area contributed by atoms with Gasteiger partial charge in [-0.2, -0.15) is 0 Å². The highest BCUT2D eigenvalue weighted by Gasteiger charge is 2.02. The average molecular weight is 617 g/mol. The second kappa shape index (κ2) is 36.4. The first-order valence-electron chi connectivity index (χ1n) is 20.2. The van der Waals surface area contributed by atoms with Crippen LogP contribution < -0.4 is 0 Å². The summed E-state index contributed by atoms with van der Waals surface area (Å²) in [6.45, 7) is 6.94. The minimum Gasteiger partial charge on any atom is -0.481 e. The van der Waals surface area contributed by atoms with E-state index in [1.165, 1.54) is 199 Å². The van der Waals surface area contributed by atoms with Gasteiger partial charge in [-0.25, -0.2) is 0 Å². The molecule has 0 unspecified atom stereocenters. The SMILES string of the molecule is CCCCCCCCCCCCCCCC/C(=C\CCCCCC/C(=C\CCCCCCCC(=O)O)CCCC)CCCC. The zero-order valence-electron chi connectivity index (χ0n) is 30.6. The van der Waals surface area contributed by atoms with E-state index in [0.29, 0.717) is 6.42 Å². The maximum atomic E-state index is 10.6. The van der Waals surface area contributed by atoms with E-state index in [-0.39, 0.29) is 0 Å². The number of rotatable bonds is 36. The fourth-order valence-corrected chi connectivity index (χ4v) is 6.43. The van der Waals surface area contributed by atoms with Crippen molar-refractivity contribution in [3.8, 4) is 0 Å². The normalized spacial score (nSPS) is 12.3. The van der Waals surface area contributed by atoms with Gasteiger partial charge in [0, 0.05) is 6.42 Å². The summed E-state index contributed by atoms with van der Waals surface area (Å²) in [5.74, 6) is -0.655. The average Bonchev–Trinajstić information content (AvgIpc) is 3.02. The minimum atomic E-state index is -0.655. The minimum absolute atomic E-state index is 0.330. The van der Waals surface area contributed by atoms with Gasteiger partial charge in [0.15, 0.2) is 0 Å². The summed E-state index contributed by atoms with van der Waals surface area (Å²) in [7, 11) is 0. The Balaban J connectivity index is 3.96. The third-order valence-electron chi connectivity index (χ3n) is 9.47. The number of unbranched alkanes of at least 4 members (excludes halogenated alkanes) is 24. The largest absolute Gasteiger partial charge is 0.481 e. The molecule has 0 amide bonds. The number of hydrogen-bond donors (Lipinski definition) is 1. The number of aliphatic carboxylic acids is 1. The lowest BCUT2D eigenvalue weighted by molar-refractivity contribution is -0.137. The molecule has 0 aromatic heterocycles. The van der Waals surface area contributed by atoms with E-state index in [2.05, 4.69) is 32.9 Å². The van der Waals surface area contributed by atoms with E-state index in [9.17, 15) is 4.79 Å². The molecule has 0 bridgehead atoms. The second-order valence-corrected chi connectivity index (χ2v) is 13.9. The summed E-state index contributed by atoms with van der Waals surface area (Å²) in [6, 6.07) is 0. The van der Waals surface area contributed by atoms with Crippen LogP contribution in [-0.4, -0.2) is 11.1 Å². The zero-order chi connectivity index (χ0) is 32.2. The van der Waals surface area contributed by atoms with Crippen molar-refractivity contribution in [1.82, 2.24) is 0 Å². The Labute approximate surface area is 277 Å². The van der Waals surface area contributed by atoms with Gasteiger partial charge in [0.25, 0.3) is 0 Å². The van der Waals surface area contributed by atoms with E-state index < -0.39 is 5.97 Å². The summed E-state index contributed by atoms with van der Waals surface area (Å²) in [4.78, 5) is 10.6. The smallest absolute Gasteiger partial charge is 0.303 e. The molecule has 2 heteroatoms. The van der Waals surface area contributed by atoms with E-state index in [0.717, 1.165) is 12.8 Å². The maximum Gasteiger partial charge on any atom is 0.303 e. The molecular formula is C42H80O2. The Kier molecular flexibility index (Phi) is 35.5. The van der Waals surface area contributed by atoms with Crippen LogP contribution in [0.25, 0.3) is 0 Å². The summed E-state index contributed by atoms with van der Waals surface area (Å²) in [5, 5.41) is 8.75. The van der Waals surface area contributed by atoms with Crippen molar-refractivity contribution in [2.45, 2.75) is 239 Å². The van der Waals surface area contributed by atoms with Crippen molar-refractivity contribution < 1.29 is 9.90 Å². The fraction of sp³-hybridized carbons (Fsp3) is 0.881. The Morgan fingerprint density at radius 2 is 0.636 bits per heavy atom. The van der Waals surface area contributed by atoms with Gasteiger partial charge >= 0.3 is 5.97 Å². The predicted molar refractivity (Wildman–Crippen MR) is 198 cm³/mol. The quantitative estimate of drug-likeness (QED) is 0.0561. The molecule has 0 aliphatic heterocycles. The van der Waals surface area contributed by atoms with Crippen LogP contribution in [0.4, 0.5) is 0 Å². The van der Waals surface area contributed by atoms with Crippen LogP contribution in [0.15, 0.2) is 23.3 Å². The highest BCUT2D eigenvalue weighted by molar-refractivity contribution is 5.66. The Hall–Kier alpha value is -1.05. The molecule has 0 fully saturated rings. The highest BCUT2D eigenvalue weighted by atomic mass is 16.4. The molecule has 0 radical (unpaired) electrons. The van der Waals surface area contributed by atoms with Crippen LogP contribution in [0, 0.1) is 0 Å². The van der Waals surface area contributed by atoms with E-state index in [4.69, 9.17) is 5.11 Å². The van der Waals surface area contributed by atoms with Crippen molar-refractivity contribution in [1.29, 1.82) is 0 Å². The van der Waals surface area contributed by atoms with Crippen LogP contribution in [0.3, 0.4) is 0 Å². The molecule has 0 aromatic carbocycles. The van der Waals surface area contributed by atoms with E-state index >= 15 is 0 Å². The molecule has 0 spiro atoms. The maximum absolute atomic E-state index is 10.6. The van der Waals surface area contributed by atoms with E-state index in [1.807, 2.05) is 0 Å². The molecule has 1 N–H and O–H groups in total. The van der Waals surface area contributed by atoms with Crippen LogP contribution in [0.5, 0.6) is 0 Å². The molecule has 0 aromatic rings. The van der Waals surface area contributed by atoms with Crippen molar-refractivity contribution >= 4 is 5.97 Å². The molecule has 0 saturated carbocycles. The predicted octanol–water partition coefficient (Wildman–Crippen LogP) is 15.2. The number of carboxylic acid groups (broad SMARTS) is 1. The number of carboxylic acids is 1. The zero-order valence-corrected chi connectivity index (χ0v) is 30.6. The molecule has 0 aliphatic rings. The molecule has 260 valence electrons. The van der Waals surface area contributed by atoms with Gasteiger partial charge in [0.2, 0.25) is 0 Å². The first kappa shape index (κ1) is 43.0. The van der Waals surface area contributed by atoms with E-state index in [1.54, 1.807) is 11.1 Å². The molecular weight excluding hydrogens is 536 g/mol. The fourth-order valence-electron chi connectivity index (χ4n) is 6.43. The monoisotopic (exact) mass is 617 g/mol. The topological polar surface area (TPSA) is 37.3 Å². The third kappa shape index (κ3) is 33.8. The molecule has 0 rings (SSSR count). The standard InChI is InChI=1S/C42H80O2/c1-4-7-10-11-12-13-14-15-16-17-18-19-23-28-35-40(33-8-5-2)37-30-25-22-26-31-38-41(34-9-6-3)36-29-24-20-21-27-32-39-42(43)44/h36-37H,4-35,38-39H2,1-3H3,(H,43,44)/b40-37-,41-36-. The van der Waals surface area contributed by atoms with Crippen molar-refractivity contribution in [2.24, 2.45) is 0 Å². The van der Waals surface area contributed by atoms with Gasteiger partial charge in [-0.15, -0.1) is 0 Å².